The highest BCUT2D eigenvalue weighted by Gasteiger charge is 2.50. The summed E-state index contributed by atoms with van der Waals surface area (Å²) in [5.41, 5.74) is 3.93. The van der Waals surface area contributed by atoms with E-state index in [-0.39, 0.29) is 29.9 Å². The van der Waals surface area contributed by atoms with Crippen LogP contribution in [0.2, 0.25) is 0 Å². The van der Waals surface area contributed by atoms with Crippen LogP contribution in [0.1, 0.15) is 36.0 Å². The largest absolute Gasteiger partial charge is 0.497 e. The minimum absolute atomic E-state index is 0.0444. The van der Waals surface area contributed by atoms with Gasteiger partial charge in [-0.1, -0.05) is 42.2 Å². The van der Waals surface area contributed by atoms with Gasteiger partial charge in [-0.05, 0) is 81.2 Å². The van der Waals surface area contributed by atoms with E-state index in [4.69, 9.17) is 9.47 Å². The molecule has 0 saturated carbocycles. The molecule has 5 rings (SSSR count). The van der Waals surface area contributed by atoms with Crippen molar-refractivity contribution in [2.24, 2.45) is 5.92 Å². The summed E-state index contributed by atoms with van der Waals surface area (Å²) in [6.45, 7) is 4.61. The van der Waals surface area contributed by atoms with Crippen molar-refractivity contribution in [2.45, 2.75) is 31.3 Å². The molecule has 4 unspecified atom stereocenters. The number of carbonyl (C=O) groups excluding carboxylic acids is 2. The van der Waals surface area contributed by atoms with Crippen LogP contribution in [-0.2, 0) is 9.53 Å². The molecule has 2 fully saturated rings. The predicted molar refractivity (Wildman–Crippen MR) is 173 cm³/mol. The molecule has 2 heterocycles. The highest BCUT2D eigenvalue weighted by Crippen LogP contribution is 2.43. The lowest BCUT2D eigenvalue weighted by molar-refractivity contribution is -0.143. The smallest absolute Gasteiger partial charge is 0.321 e. The van der Waals surface area contributed by atoms with Gasteiger partial charge in [-0.2, -0.15) is 0 Å². The second-order valence-corrected chi connectivity index (χ2v) is 11.9. The third-order valence-corrected chi connectivity index (χ3v) is 8.49. The van der Waals surface area contributed by atoms with E-state index in [9.17, 15) is 9.59 Å². The van der Waals surface area contributed by atoms with Crippen LogP contribution >= 0.6 is 0 Å². The number of rotatable bonds is 7. The van der Waals surface area contributed by atoms with Gasteiger partial charge in [0.2, 0.25) is 0 Å². The van der Waals surface area contributed by atoms with Gasteiger partial charge in [0, 0.05) is 67.3 Å². The number of likely N-dealkylation sites (N-methyl/N-ethyl adjacent to an activating group) is 1. The molecule has 3 aromatic rings. The maximum absolute atomic E-state index is 13.7. The Morgan fingerprint density at radius 1 is 0.932 bits per heavy atom. The number of ether oxygens (including phenoxy) is 2. The third-order valence-electron chi connectivity index (χ3n) is 8.49. The first-order valence-electron chi connectivity index (χ1n) is 15.2. The van der Waals surface area contributed by atoms with E-state index in [0.29, 0.717) is 31.4 Å². The number of hydrogen-bond acceptors (Lipinski definition) is 6. The molecule has 2 amide bonds. The molecular formula is C36H42N4O4. The Bertz CT molecular complexity index is 1460. The number of benzene rings is 3. The standard InChI is InChI=1S/C36H42N4O4/c1-26(41)44-25-29-20-21-40-33(23-38(2)3)35(30-14-12-28(13-15-30)11-10-27-8-6-5-7-9-27)34(40)24-39(22-29)36(42)37-31-16-18-32(43-4)19-17-31/h5-9,12-19,29,33-35H,20-25H2,1-4H3,(H,37,42). The molecule has 2 saturated heterocycles. The Balaban J connectivity index is 1.38. The highest BCUT2D eigenvalue weighted by atomic mass is 16.5. The van der Waals surface area contributed by atoms with Crippen molar-refractivity contribution in [1.82, 2.24) is 14.7 Å². The quantitative estimate of drug-likeness (QED) is 0.310. The van der Waals surface area contributed by atoms with Gasteiger partial charge in [-0.15, -0.1) is 0 Å². The molecule has 0 spiro atoms. The summed E-state index contributed by atoms with van der Waals surface area (Å²) in [5, 5.41) is 3.07. The van der Waals surface area contributed by atoms with Crippen molar-refractivity contribution in [2.75, 3.05) is 59.3 Å². The van der Waals surface area contributed by atoms with E-state index in [0.717, 1.165) is 36.4 Å². The fourth-order valence-electron chi connectivity index (χ4n) is 6.30. The molecule has 2 aliphatic rings. The number of nitrogens with one attached hydrogen (secondary N) is 1. The summed E-state index contributed by atoms with van der Waals surface area (Å²) in [6.07, 6.45) is 0.834. The van der Waals surface area contributed by atoms with E-state index < -0.39 is 0 Å². The molecule has 3 aromatic carbocycles. The van der Waals surface area contributed by atoms with Crippen molar-refractivity contribution in [1.29, 1.82) is 0 Å². The number of fused-ring (bicyclic) bond motifs is 1. The first-order chi connectivity index (χ1) is 21.3. The molecule has 44 heavy (non-hydrogen) atoms. The number of amides is 2. The average molecular weight is 595 g/mol. The minimum Gasteiger partial charge on any atom is -0.497 e. The number of anilines is 1. The van der Waals surface area contributed by atoms with Crippen LogP contribution in [0, 0.1) is 17.8 Å². The zero-order chi connectivity index (χ0) is 31.1. The van der Waals surface area contributed by atoms with Gasteiger partial charge in [0.15, 0.2) is 0 Å². The lowest BCUT2D eigenvalue weighted by atomic mass is 9.73. The van der Waals surface area contributed by atoms with Crippen LogP contribution in [0.5, 0.6) is 5.75 Å². The summed E-state index contributed by atoms with van der Waals surface area (Å²) < 4.78 is 10.7. The van der Waals surface area contributed by atoms with E-state index in [1.165, 1.54) is 12.5 Å². The summed E-state index contributed by atoms with van der Waals surface area (Å²) in [7, 11) is 5.83. The molecule has 2 aliphatic heterocycles. The van der Waals surface area contributed by atoms with Gasteiger partial charge in [-0.25, -0.2) is 4.79 Å². The van der Waals surface area contributed by atoms with Crippen LogP contribution in [0.4, 0.5) is 10.5 Å². The number of hydrogen-bond donors (Lipinski definition) is 1. The molecule has 230 valence electrons. The van der Waals surface area contributed by atoms with Crippen molar-refractivity contribution < 1.29 is 19.1 Å². The van der Waals surface area contributed by atoms with Crippen LogP contribution in [0.3, 0.4) is 0 Å². The number of nitrogens with zero attached hydrogens (tertiary/aromatic N) is 3. The summed E-state index contributed by atoms with van der Waals surface area (Å²) in [6, 6.07) is 26.2. The van der Waals surface area contributed by atoms with Crippen molar-refractivity contribution in [3.8, 4) is 17.6 Å². The van der Waals surface area contributed by atoms with Crippen molar-refractivity contribution in [3.63, 3.8) is 0 Å². The topological polar surface area (TPSA) is 74.3 Å². The van der Waals surface area contributed by atoms with Crippen LogP contribution in [0.15, 0.2) is 78.9 Å². The Hall–Kier alpha value is -4.32. The fraction of sp³-hybridized carbons (Fsp3) is 0.389. The number of methoxy groups -OCH3 is 1. The highest BCUT2D eigenvalue weighted by molar-refractivity contribution is 5.89. The maximum atomic E-state index is 13.7. The molecule has 4 atom stereocenters. The minimum atomic E-state index is -0.300. The summed E-state index contributed by atoms with van der Waals surface area (Å²) >= 11 is 0. The summed E-state index contributed by atoms with van der Waals surface area (Å²) in [5.74, 6) is 7.26. The van der Waals surface area contributed by atoms with E-state index >= 15 is 0 Å². The molecule has 0 radical (unpaired) electrons. The Kier molecular flexibility index (Phi) is 10.2. The number of carbonyl (C=O) groups is 2. The molecule has 8 heteroatoms. The van der Waals surface area contributed by atoms with Gasteiger partial charge in [-0.3, -0.25) is 9.69 Å². The lowest BCUT2D eigenvalue weighted by Gasteiger charge is -2.58. The van der Waals surface area contributed by atoms with Gasteiger partial charge in [0.25, 0.3) is 0 Å². The molecular weight excluding hydrogens is 552 g/mol. The van der Waals surface area contributed by atoms with Gasteiger partial charge in [0.05, 0.1) is 13.7 Å². The molecule has 0 aliphatic carbocycles. The van der Waals surface area contributed by atoms with Crippen LogP contribution in [0.25, 0.3) is 0 Å². The molecule has 0 aromatic heterocycles. The molecule has 8 nitrogen and oxygen atoms in total. The summed E-state index contributed by atoms with van der Waals surface area (Å²) in [4.78, 5) is 32.0. The van der Waals surface area contributed by atoms with Gasteiger partial charge < -0.3 is 24.6 Å². The Labute approximate surface area is 260 Å². The second kappa shape index (κ2) is 14.4. The zero-order valence-electron chi connectivity index (χ0n) is 26.0. The Morgan fingerprint density at radius 3 is 2.25 bits per heavy atom. The maximum Gasteiger partial charge on any atom is 0.321 e. The molecule has 1 N–H and O–H groups in total. The number of esters is 1. The van der Waals surface area contributed by atoms with E-state index in [2.05, 4.69) is 65.3 Å². The SMILES string of the molecule is COc1ccc(NC(=O)N2CC(COC(C)=O)CCN3C(CN(C)C)C(c4ccc(C#Cc5ccccc5)cc4)C3C2)cc1. The van der Waals surface area contributed by atoms with Crippen molar-refractivity contribution in [3.05, 3.63) is 95.6 Å². The van der Waals surface area contributed by atoms with E-state index in [1.807, 2.05) is 59.5 Å². The van der Waals surface area contributed by atoms with Gasteiger partial charge in [0.1, 0.15) is 5.75 Å². The monoisotopic (exact) mass is 594 g/mol. The normalized spacial score (nSPS) is 21.5. The van der Waals surface area contributed by atoms with Gasteiger partial charge >= 0.3 is 12.0 Å². The zero-order valence-corrected chi connectivity index (χ0v) is 26.0. The average Bonchev–Trinajstić information content (AvgIpc) is 3.01. The fourth-order valence-corrected chi connectivity index (χ4v) is 6.30. The second-order valence-electron chi connectivity index (χ2n) is 11.9. The molecule has 0 bridgehead atoms. The first kappa shape index (κ1) is 31.1. The van der Waals surface area contributed by atoms with Crippen LogP contribution in [-0.4, -0.2) is 92.8 Å². The van der Waals surface area contributed by atoms with Crippen molar-refractivity contribution >= 4 is 17.7 Å². The first-order valence-corrected chi connectivity index (χ1v) is 15.2. The van der Waals surface area contributed by atoms with Crippen LogP contribution < -0.4 is 10.1 Å². The lowest BCUT2D eigenvalue weighted by Crippen LogP contribution is -2.69. The van der Waals surface area contributed by atoms with E-state index in [1.54, 1.807) is 7.11 Å². The third kappa shape index (κ3) is 7.79. The Morgan fingerprint density at radius 2 is 1.61 bits per heavy atom. The number of urea groups is 1. The predicted octanol–water partition coefficient (Wildman–Crippen LogP) is 4.91.